The molecule has 0 aliphatic heterocycles. The highest BCUT2D eigenvalue weighted by Gasteiger charge is 2.13. The maximum Gasteiger partial charge on any atom is 0.123 e. The zero-order valence-corrected chi connectivity index (χ0v) is 13.9. The number of halogens is 1. The standard InChI is InChI=1S/C15H20BrN3O/c1-11-15(16)13(19(3)17-11)10-18(2)9-12-7-5-6-8-14(12)20-4/h5-8H,9-10H2,1-4H3. The minimum absolute atomic E-state index is 0.829. The average molecular weight is 338 g/mol. The summed E-state index contributed by atoms with van der Waals surface area (Å²) in [5.74, 6) is 0.930. The molecular formula is C15H20BrN3O. The predicted octanol–water partition coefficient (Wildman–Crippen LogP) is 3.13. The second-order valence-electron chi connectivity index (χ2n) is 4.95. The molecule has 0 fully saturated rings. The maximum absolute atomic E-state index is 5.39. The highest BCUT2D eigenvalue weighted by molar-refractivity contribution is 9.10. The summed E-state index contributed by atoms with van der Waals surface area (Å²) in [5.41, 5.74) is 3.39. The van der Waals surface area contributed by atoms with Gasteiger partial charge in [0.25, 0.3) is 0 Å². The Morgan fingerprint density at radius 3 is 2.60 bits per heavy atom. The third-order valence-corrected chi connectivity index (χ3v) is 4.35. The first-order valence-electron chi connectivity index (χ1n) is 6.51. The van der Waals surface area contributed by atoms with Gasteiger partial charge in [0.15, 0.2) is 0 Å². The predicted molar refractivity (Wildman–Crippen MR) is 83.8 cm³/mol. The lowest BCUT2D eigenvalue weighted by atomic mass is 10.2. The van der Waals surface area contributed by atoms with Gasteiger partial charge in [-0.3, -0.25) is 9.58 Å². The lowest BCUT2D eigenvalue weighted by molar-refractivity contribution is 0.301. The normalized spacial score (nSPS) is 11.1. The van der Waals surface area contributed by atoms with Gasteiger partial charge in [0.2, 0.25) is 0 Å². The first kappa shape index (κ1) is 15.1. The van der Waals surface area contributed by atoms with Gasteiger partial charge in [-0.1, -0.05) is 18.2 Å². The van der Waals surface area contributed by atoms with Gasteiger partial charge >= 0.3 is 0 Å². The fourth-order valence-electron chi connectivity index (χ4n) is 2.29. The number of nitrogens with zero attached hydrogens (tertiary/aromatic N) is 3. The van der Waals surface area contributed by atoms with Gasteiger partial charge < -0.3 is 4.74 Å². The molecule has 0 aliphatic rings. The van der Waals surface area contributed by atoms with Gasteiger partial charge in [0.05, 0.1) is 23.0 Å². The van der Waals surface area contributed by atoms with Crippen molar-refractivity contribution in [1.29, 1.82) is 0 Å². The molecule has 108 valence electrons. The summed E-state index contributed by atoms with van der Waals surface area (Å²) in [5, 5.41) is 4.42. The van der Waals surface area contributed by atoms with E-state index in [-0.39, 0.29) is 0 Å². The first-order valence-corrected chi connectivity index (χ1v) is 7.30. The summed E-state index contributed by atoms with van der Waals surface area (Å²) in [6.07, 6.45) is 0. The van der Waals surface area contributed by atoms with E-state index in [1.54, 1.807) is 7.11 Å². The van der Waals surface area contributed by atoms with Gasteiger partial charge in [0.1, 0.15) is 5.75 Å². The Morgan fingerprint density at radius 1 is 1.30 bits per heavy atom. The number of rotatable bonds is 5. The Hall–Kier alpha value is -1.33. The van der Waals surface area contributed by atoms with Crippen molar-refractivity contribution in [2.45, 2.75) is 20.0 Å². The molecule has 1 heterocycles. The second-order valence-corrected chi connectivity index (χ2v) is 5.75. The number of methoxy groups -OCH3 is 1. The number of hydrogen-bond donors (Lipinski definition) is 0. The summed E-state index contributed by atoms with van der Waals surface area (Å²) in [6.45, 7) is 3.67. The van der Waals surface area contributed by atoms with Crippen molar-refractivity contribution >= 4 is 15.9 Å². The molecule has 20 heavy (non-hydrogen) atoms. The molecule has 5 heteroatoms. The SMILES string of the molecule is COc1ccccc1CN(C)Cc1c(Br)c(C)nn1C. The third kappa shape index (κ3) is 3.22. The Bertz CT molecular complexity index is 595. The highest BCUT2D eigenvalue weighted by atomic mass is 79.9. The second kappa shape index (κ2) is 6.41. The van der Waals surface area contributed by atoms with Crippen LogP contribution >= 0.6 is 15.9 Å². The van der Waals surface area contributed by atoms with Crippen LogP contribution in [0.2, 0.25) is 0 Å². The zero-order chi connectivity index (χ0) is 14.7. The van der Waals surface area contributed by atoms with Crippen LogP contribution in [0.15, 0.2) is 28.7 Å². The largest absolute Gasteiger partial charge is 0.496 e. The monoisotopic (exact) mass is 337 g/mol. The van der Waals surface area contributed by atoms with Crippen LogP contribution in [0.3, 0.4) is 0 Å². The first-order chi connectivity index (χ1) is 9.52. The minimum Gasteiger partial charge on any atom is -0.496 e. The van der Waals surface area contributed by atoms with Gasteiger partial charge in [-0.05, 0) is 36.0 Å². The van der Waals surface area contributed by atoms with Crippen molar-refractivity contribution in [3.05, 3.63) is 45.7 Å². The van der Waals surface area contributed by atoms with Crippen molar-refractivity contribution in [2.24, 2.45) is 7.05 Å². The van der Waals surface area contributed by atoms with E-state index >= 15 is 0 Å². The number of benzene rings is 1. The summed E-state index contributed by atoms with van der Waals surface area (Å²) < 4.78 is 8.41. The van der Waals surface area contributed by atoms with Crippen LogP contribution in [-0.2, 0) is 20.1 Å². The van der Waals surface area contributed by atoms with E-state index in [2.05, 4.69) is 39.0 Å². The van der Waals surface area contributed by atoms with E-state index in [1.807, 2.05) is 36.9 Å². The number of aryl methyl sites for hydroxylation is 2. The molecule has 0 aliphatic carbocycles. The summed E-state index contributed by atoms with van der Waals surface area (Å²) in [6, 6.07) is 8.12. The Labute approximate surface area is 128 Å². The number of aromatic nitrogens is 2. The van der Waals surface area contributed by atoms with E-state index in [0.717, 1.165) is 29.0 Å². The molecule has 0 saturated heterocycles. The zero-order valence-electron chi connectivity index (χ0n) is 12.4. The van der Waals surface area contributed by atoms with Crippen molar-refractivity contribution in [2.75, 3.05) is 14.2 Å². The summed E-state index contributed by atoms with van der Waals surface area (Å²) >= 11 is 3.61. The Morgan fingerprint density at radius 2 is 2.00 bits per heavy atom. The van der Waals surface area contributed by atoms with Crippen molar-refractivity contribution in [1.82, 2.24) is 14.7 Å². The van der Waals surface area contributed by atoms with Crippen LogP contribution in [0.4, 0.5) is 0 Å². The maximum atomic E-state index is 5.39. The number of ether oxygens (including phenoxy) is 1. The molecule has 0 atom stereocenters. The van der Waals surface area contributed by atoms with E-state index in [4.69, 9.17) is 4.74 Å². The molecule has 0 spiro atoms. The van der Waals surface area contributed by atoms with E-state index in [0.29, 0.717) is 0 Å². The van der Waals surface area contributed by atoms with Crippen LogP contribution in [0.1, 0.15) is 17.0 Å². The molecule has 0 bridgehead atoms. The summed E-state index contributed by atoms with van der Waals surface area (Å²) in [4.78, 5) is 2.25. The fourth-order valence-corrected chi connectivity index (χ4v) is 2.75. The molecule has 2 rings (SSSR count). The molecule has 0 saturated carbocycles. The smallest absolute Gasteiger partial charge is 0.123 e. The van der Waals surface area contributed by atoms with Gasteiger partial charge in [-0.15, -0.1) is 0 Å². The van der Waals surface area contributed by atoms with E-state index < -0.39 is 0 Å². The molecule has 0 N–H and O–H groups in total. The Kier molecular flexibility index (Phi) is 4.83. The molecule has 1 aromatic heterocycles. The van der Waals surface area contributed by atoms with Crippen LogP contribution in [0, 0.1) is 6.92 Å². The topological polar surface area (TPSA) is 30.3 Å². The van der Waals surface area contributed by atoms with Crippen LogP contribution < -0.4 is 4.74 Å². The lowest BCUT2D eigenvalue weighted by Gasteiger charge is -2.18. The van der Waals surface area contributed by atoms with Crippen LogP contribution in [0.25, 0.3) is 0 Å². The number of hydrogen-bond acceptors (Lipinski definition) is 3. The molecule has 0 radical (unpaired) electrons. The minimum atomic E-state index is 0.829. The lowest BCUT2D eigenvalue weighted by Crippen LogP contribution is -2.19. The Balaban J connectivity index is 2.11. The van der Waals surface area contributed by atoms with Gasteiger partial charge in [0, 0.05) is 25.7 Å². The van der Waals surface area contributed by atoms with Crippen LogP contribution in [-0.4, -0.2) is 28.8 Å². The molecule has 1 aromatic carbocycles. The van der Waals surface area contributed by atoms with Crippen molar-refractivity contribution < 1.29 is 4.74 Å². The van der Waals surface area contributed by atoms with Crippen LogP contribution in [0.5, 0.6) is 5.75 Å². The van der Waals surface area contributed by atoms with Crippen molar-refractivity contribution in [3.8, 4) is 5.75 Å². The fraction of sp³-hybridized carbons (Fsp3) is 0.400. The molecule has 0 amide bonds. The molecular weight excluding hydrogens is 318 g/mol. The van der Waals surface area contributed by atoms with Gasteiger partial charge in [-0.25, -0.2) is 0 Å². The molecule has 4 nitrogen and oxygen atoms in total. The number of para-hydroxylation sites is 1. The van der Waals surface area contributed by atoms with Gasteiger partial charge in [-0.2, -0.15) is 5.10 Å². The summed E-state index contributed by atoms with van der Waals surface area (Å²) in [7, 11) is 5.78. The highest BCUT2D eigenvalue weighted by Crippen LogP contribution is 2.23. The average Bonchev–Trinajstić information content (AvgIpc) is 2.66. The quantitative estimate of drug-likeness (QED) is 0.839. The molecule has 0 unspecified atom stereocenters. The third-order valence-electron chi connectivity index (χ3n) is 3.31. The van der Waals surface area contributed by atoms with Crippen molar-refractivity contribution in [3.63, 3.8) is 0 Å². The van der Waals surface area contributed by atoms with E-state index in [1.165, 1.54) is 11.3 Å². The molecule has 2 aromatic rings. The van der Waals surface area contributed by atoms with E-state index in [9.17, 15) is 0 Å².